The second-order valence-corrected chi connectivity index (χ2v) is 12.9. The summed E-state index contributed by atoms with van der Waals surface area (Å²) in [5.41, 5.74) is 1.71. The highest BCUT2D eigenvalue weighted by Crippen LogP contribution is 2.42. The number of aromatic nitrogens is 2. The maximum absolute atomic E-state index is 14.4. The summed E-state index contributed by atoms with van der Waals surface area (Å²) in [6, 6.07) is 18.9. The molecule has 3 aliphatic rings. The standard InChI is InChI=1S/C34H42N4O6/c1-33(20-43-21-33)22-44-23-34(42)15-9-8-14-28(34)38-24-35-29(30(38)26-12-6-3-7-13-26)31(39)37-17-16-36(32(40)41)19-27(37)18-25-10-4-2-5-11-25/h2-7,10-13,24,27-28,42H,8-9,14-23H2,1H3,(H,40,41)/t27-,28?,34?/m1/s1. The largest absolute Gasteiger partial charge is 0.465 e. The summed E-state index contributed by atoms with van der Waals surface area (Å²) in [5, 5.41) is 21.8. The molecule has 2 unspecified atom stereocenters. The van der Waals surface area contributed by atoms with Gasteiger partial charge in [0.1, 0.15) is 5.60 Å². The number of amides is 2. The molecule has 3 fully saturated rings. The number of nitrogens with zero attached hydrogens (tertiary/aromatic N) is 4. The number of rotatable bonds is 9. The van der Waals surface area contributed by atoms with E-state index in [1.54, 1.807) is 11.2 Å². The average molecular weight is 603 g/mol. The first-order valence-electron chi connectivity index (χ1n) is 15.6. The van der Waals surface area contributed by atoms with Crippen LogP contribution in [0.1, 0.15) is 54.7 Å². The molecule has 1 saturated carbocycles. The lowest BCUT2D eigenvalue weighted by Crippen LogP contribution is -2.57. The van der Waals surface area contributed by atoms with Crippen LogP contribution in [0.25, 0.3) is 11.3 Å². The Labute approximate surface area is 258 Å². The zero-order valence-electron chi connectivity index (χ0n) is 25.3. The van der Waals surface area contributed by atoms with E-state index in [4.69, 9.17) is 14.5 Å². The second kappa shape index (κ2) is 12.7. The van der Waals surface area contributed by atoms with Gasteiger partial charge in [-0.15, -0.1) is 0 Å². The van der Waals surface area contributed by atoms with Crippen LogP contribution in [-0.2, 0) is 15.9 Å². The first-order chi connectivity index (χ1) is 21.3. The minimum Gasteiger partial charge on any atom is -0.465 e. The molecule has 0 spiro atoms. The first-order valence-corrected chi connectivity index (χ1v) is 15.6. The zero-order chi connectivity index (χ0) is 30.7. The average Bonchev–Trinajstić information content (AvgIpc) is 3.46. The van der Waals surface area contributed by atoms with Crippen LogP contribution in [0.2, 0.25) is 0 Å². The molecule has 234 valence electrons. The third-order valence-corrected chi connectivity index (χ3v) is 9.37. The molecule has 3 aromatic rings. The van der Waals surface area contributed by atoms with E-state index in [1.165, 1.54) is 4.90 Å². The highest BCUT2D eigenvalue weighted by Gasteiger charge is 2.44. The summed E-state index contributed by atoms with van der Waals surface area (Å²) < 4.78 is 13.5. The van der Waals surface area contributed by atoms with Gasteiger partial charge in [0.25, 0.3) is 5.91 Å². The van der Waals surface area contributed by atoms with E-state index in [0.717, 1.165) is 30.4 Å². The van der Waals surface area contributed by atoms with Crippen LogP contribution >= 0.6 is 0 Å². The minimum absolute atomic E-state index is 0.0226. The molecular weight excluding hydrogens is 560 g/mol. The number of hydrogen-bond acceptors (Lipinski definition) is 6. The van der Waals surface area contributed by atoms with Crippen molar-refractivity contribution in [2.24, 2.45) is 5.41 Å². The highest BCUT2D eigenvalue weighted by molar-refractivity contribution is 5.98. The van der Waals surface area contributed by atoms with Gasteiger partial charge in [0, 0.05) is 30.6 Å². The number of carbonyl (C=O) groups excluding carboxylic acids is 1. The van der Waals surface area contributed by atoms with Gasteiger partial charge in [-0.3, -0.25) is 4.79 Å². The van der Waals surface area contributed by atoms with E-state index in [1.807, 2.05) is 65.2 Å². The van der Waals surface area contributed by atoms with E-state index >= 15 is 0 Å². The lowest BCUT2D eigenvalue weighted by Gasteiger charge is -2.43. The van der Waals surface area contributed by atoms with Crippen LogP contribution in [0, 0.1) is 5.41 Å². The van der Waals surface area contributed by atoms with Gasteiger partial charge in [-0.2, -0.15) is 0 Å². The number of carboxylic acid groups (broad SMARTS) is 1. The van der Waals surface area contributed by atoms with Gasteiger partial charge in [-0.25, -0.2) is 9.78 Å². The predicted octanol–water partition coefficient (Wildman–Crippen LogP) is 4.50. The van der Waals surface area contributed by atoms with Crippen molar-refractivity contribution in [1.82, 2.24) is 19.4 Å². The lowest BCUT2D eigenvalue weighted by molar-refractivity contribution is -0.163. The molecule has 3 atom stereocenters. The van der Waals surface area contributed by atoms with E-state index < -0.39 is 11.7 Å². The van der Waals surface area contributed by atoms with Gasteiger partial charge in [-0.05, 0) is 24.8 Å². The summed E-state index contributed by atoms with van der Waals surface area (Å²) in [5.74, 6) is -0.234. The van der Waals surface area contributed by atoms with Crippen molar-refractivity contribution in [1.29, 1.82) is 0 Å². The van der Waals surface area contributed by atoms with Crippen LogP contribution in [-0.4, -0.2) is 99.3 Å². The van der Waals surface area contributed by atoms with Crippen LogP contribution in [0.5, 0.6) is 0 Å². The van der Waals surface area contributed by atoms with E-state index in [2.05, 4.69) is 6.92 Å². The monoisotopic (exact) mass is 602 g/mol. The molecule has 3 heterocycles. The van der Waals surface area contributed by atoms with E-state index in [-0.39, 0.29) is 49.6 Å². The summed E-state index contributed by atoms with van der Waals surface area (Å²) in [6.45, 7) is 4.89. The Hall–Kier alpha value is -3.73. The fourth-order valence-electron chi connectivity index (χ4n) is 6.91. The number of hydrogen-bond donors (Lipinski definition) is 2. The quantitative estimate of drug-likeness (QED) is 0.371. The Morgan fingerprint density at radius 1 is 1.02 bits per heavy atom. The highest BCUT2D eigenvalue weighted by atomic mass is 16.5. The second-order valence-electron chi connectivity index (χ2n) is 12.9. The summed E-state index contributed by atoms with van der Waals surface area (Å²) in [6.07, 6.45) is 4.41. The number of carbonyl (C=O) groups is 2. The van der Waals surface area contributed by atoms with Gasteiger partial charge in [0.2, 0.25) is 0 Å². The molecule has 44 heavy (non-hydrogen) atoms. The van der Waals surface area contributed by atoms with E-state index in [9.17, 15) is 19.8 Å². The molecule has 10 nitrogen and oxygen atoms in total. The fourth-order valence-corrected chi connectivity index (χ4v) is 6.91. The molecule has 1 aliphatic carbocycles. The SMILES string of the molecule is CC1(COCC2(O)CCCCC2n2cnc(C(=O)N3CCN(C(=O)O)C[C@H]3Cc3ccccc3)c2-c2ccccc2)COC1. The molecular formula is C34H42N4O6. The molecule has 6 rings (SSSR count). The van der Waals surface area contributed by atoms with Crippen molar-refractivity contribution in [3.63, 3.8) is 0 Å². The molecule has 2 aromatic carbocycles. The minimum atomic E-state index is -1.12. The molecule has 2 aliphatic heterocycles. The van der Waals surface area contributed by atoms with Gasteiger partial charge in [-0.1, -0.05) is 80.4 Å². The topological polar surface area (TPSA) is 117 Å². The number of ether oxygens (including phenoxy) is 2. The van der Waals surface area contributed by atoms with Crippen LogP contribution < -0.4 is 0 Å². The first kappa shape index (κ1) is 30.3. The summed E-state index contributed by atoms with van der Waals surface area (Å²) >= 11 is 0. The van der Waals surface area contributed by atoms with Crippen molar-refractivity contribution in [2.45, 2.75) is 56.7 Å². The van der Waals surface area contributed by atoms with Crippen molar-refractivity contribution < 1.29 is 29.3 Å². The van der Waals surface area contributed by atoms with Crippen molar-refractivity contribution >= 4 is 12.0 Å². The smallest absolute Gasteiger partial charge is 0.407 e. The fraction of sp³-hybridized carbons (Fsp3) is 0.500. The molecule has 2 amide bonds. The Morgan fingerprint density at radius 3 is 2.43 bits per heavy atom. The van der Waals surface area contributed by atoms with Gasteiger partial charge in [0.05, 0.1) is 50.5 Å². The molecule has 1 aromatic heterocycles. The normalized spacial score (nSPS) is 25.0. The maximum Gasteiger partial charge on any atom is 0.407 e. The van der Waals surface area contributed by atoms with Gasteiger partial charge < -0.3 is 34.1 Å². The van der Waals surface area contributed by atoms with Crippen LogP contribution in [0.3, 0.4) is 0 Å². The third-order valence-electron chi connectivity index (χ3n) is 9.37. The molecule has 2 N–H and O–H groups in total. The zero-order valence-corrected chi connectivity index (χ0v) is 25.3. The number of piperazine rings is 1. The lowest BCUT2D eigenvalue weighted by atomic mass is 9.80. The Balaban J connectivity index is 1.33. The van der Waals surface area contributed by atoms with Gasteiger partial charge in [0.15, 0.2) is 5.69 Å². The van der Waals surface area contributed by atoms with Gasteiger partial charge >= 0.3 is 6.09 Å². The number of aliphatic hydroxyl groups is 1. The third kappa shape index (κ3) is 6.24. The molecule has 0 radical (unpaired) electrons. The summed E-state index contributed by atoms with van der Waals surface area (Å²) in [4.78, 5) is 34.2. The molecule has 0 bridgehead atoms. The van der Waals surface area contributed by atoms with Crippen LogP contribution in [0.4, 0.5) is 4.79 Å². The van der Waals surface area contributed by atoms with Crippen LogP contribution in [0.15, 0.2) is 67.0 Å². The maximum atomic E-state index is 14.4. The number of benzene rings is 2. The Morgan fingerprint density at radius 2 is 1.75 bits per heavy atom. The molecule has 2 saturated heterocycles. The Bertz CT molecular complexity index is 1440. The van der Waals surface area contributed by atoms with Crippen molar-refractivity contribution in [3.05, 3.63) is 78.2 Å². The Kier molecular flexibility index (Phi) is 8.75. The molecule has 10 heteroatoms. The predicted molar refractivity (Wildman–Crippen MR) is 164 cm³/mol. The summed E-state index contributed by atoms with van der Waals surface area (Å²) in [7, 11) is 0. The van der Waals surface area contributed by atoms with Crippen molar-refractivity contribution in [2.75, 3.05) is 46.1 Å². The van der Waals surface area contributed by atoms with Crippen molar-refractivity contribution in [3.8, 4) is 11.3 Å². The number of imidazole rings is 1. The van der Waals surface area contributed by atoms with E-state index in [0.29, 0.717) is 44.1 Å².